The minimum Gasteiger partial charge on any atom is -0.379 e. The van der Waals surface area contributed by atoms with Gasteiger partial charge in [0.15, 0.2) is 0 Å². The van der Waals surface area contributed by atoms with Gasteiger partial charge in [-0.2, -0.15) is 8.42 Å². The first-order chi connectivity index (χ1) is 9.79. The van der Waals surface area contributed by atoms with Gasteiger partial charge in [0.25, 0.3) is 0 Å². The number of amides is 1. The first kappa shape index (κ1) is 15.3. The zero-order valence-corrected chi connectivity index (χ0v) is 12.6. The molecular weight excluding hydrogens is 314 g/mol. The van der Waals surface area contributed by atoms with Gasteiger partial charge in [-0.3, -0.25) is 4.79 Å². The van der Waals surface area contributed by atoms with Crippen LogP contribution in [0.3, 0.4) is 0 Å². The Morgan fingerprint density at radius 1 is 1.19 bits per heavy atom. The summed E-state index contributed by atoms with van der Waals surface area (Å²) in [4.78, 5) is 11.1. The lowest BCUT2D eigenvalue weighted by Gasteiger charge is -2.10. The minimum absolute atomic E-state index is 0.0105. The van der Waals surface area contributed by atoms with Crippen LogP contribution in [0, 0.1) is 6.92 Å². The van der Waals surface area contributed by atoms with Crippen molar-refractivity contribution in [2.24, 2.45) is 5.73 Å². The van der Waals surface area contributed by atoms with E-state index in [4.69, 9.17) is 21.5 Å². The Bertz CT molecular complexity index is 802. The molecule has 0 aliphatic heterocycles. The summed E-state index contributed by atoms with van der Waals surface area (Å²) in [5.74, 6) is -0.652. The van der Waals surface area contributed by atoms with E-state index in [2.05, 4.69) is 0 Å². The highest BCUT2D eigenvalue weighted by Crippen LogP contribution is 2.24. The predicted octanol–water partition coefficient (Wildman–Crippen LogP) is 2.52. The molecule has 2 N–H and O–H groups in total. The number of halogens is 1. The van der Waals surface area contributed by atoms with Gasteiger partial charge in [-0.15, -0.1) is 0 Å². The first-order valence-corrected chi connectivity index (χ1v) is 7.69. The average molecular weight is 326 g/mol. The van der Waals surface area contributed by atoms with Crippen LogP contribution in [0.5, 0.6) is 5.75 Å². The number of hydrogen-bond acceptors (Lipinski definition) is 4. The van der Waals surface area contributed by atoms with E-state index in [1.54, 1.807) is 6.92 Å². The molecule has 0 bridgehead atoms. The Morgan fingerprint density at radius 2 is 1.90 bits per heavy atom. The predicted molar refractivity (Wildman–Crippen MR) is 79.0 cm³/mol. The number of aryl methyl sites for hydroxylation is 1. The largest absolute Gasteiger partial charge is 0.379 e. The van der Waals surface area contributed by atoms with E-state index in [0.29, 0.717) is 10.6 Å². The lowest BCUT2D eigenvalue weighted by molar-refractivity contribution is 0.1000. The molecule has 0 aromatic heterocycles. The summed E-state index contributed by atoms with van der Waals surface area (Å²) < 4.78 is 29.5. The van der Waals surface area contributed by atoms with Gasteiger partial charge in [0.05, 0.1) is 0 Å². The third-order valence-electron chi connectivity index (χ3n) is 2.73. The zero-order valence-electron chi connectivity index (χ0n) is 11.0. The summed E-state index contributed by atoms with van der Waals surface area (Å²) in [6.45, 7) is 1.61. The Kier molecular flexibility index (Phi) is 4.20. The molecule has 2 rings (SSSR count). The summed E-state index contributed by atoms with van der Waals surface area (Å²) in [5, 5.41) is 0.433. The number of nitrogens with two attached hydrogens (primary N) is 1. The average Bonchev–Trinajstić information content (AvgIpc) is 2.37. The molecule has 0 unspecified atom stereocenters. The monoisotopic (exact) mass is 325 g/mol. The summed E-state index contributed by atoms with van der Waals surface area (Å²) in [7, 11) is -4.01. The molecule has 7 heteroatoms. The fraction of sp³-hybridized carbons (Fsp3) is 0.0714. The molecule has 0 radical (unpaired) electrons. The second-order valence-corrected chi connectivity index (χ2v) is 6.29. The molecule has 0 heterocycles. The van der Waals surface area contributed by atoms with Crippen molar-refractivity contribution in [3.63, 3.8) is 0 Å². The molecule has 0 atom stereocenters. The molecule has 1 amide bonds. The zero-order chi connectivity index (χ0) is 15.6. The lowest BCUT2D eigenvalue weighted by atomic mass is 10.2. The molecule has 5 nitrogen and oxygen atoms in total. The van der Waals surface area contributed by atoms with Gasteiger partial charge in [-0.05, 0) is 48.9 Å². The topological polar surface area (TPSA) is 86.5 Å². The quantitative estimate of drug-likeness (QED) is 0.875. The van der Waals surface area contributed by atoms with Crippen molar-refractivity contribution in [3.05, 3.63) is 58.6 Å². The Labute approximate surface area is 127 Å². The molecule has 0 aliphatic rings. The SMILES string of the molecule is Cc1cc(Cl)ccc1S(=O)(=O)Oc1cccc(C(N)=O)c1. The highest BCUT2D eigenvalue weighted by Gasteiger charge is 2.19. The summed E-state index contributed by atoms with van der Waals surface area (Å²) in [5.41, 5.74) is 5.77. The summed E-state index contributed by atoms with van der Waals surface area (Å²) in [6.07, 6.45) is 0. The van der Waals surface area contributed by atoms with Crippen LogP contribution in [0.25, 0.3) is 0 Å². The molecule has 0 aliphatic carbocycles. The smallest absolute Gasteiger partial charge is 0.339 e. The highest BCUT2D eigenvalue weighted by molar-refractivity contribution is 7.87. The lowest BCUT2D eigenvalue weighted by Crippen LogP contribution is -2.13. The van der Waals surface area contributed by atoms with E-state index in [9.17, 15) is 13.2 Å². The van der Waals surface area contributed by atoms with Crippen LogP contribution in [-0.2, 0) is 10.1 Å². The van der Waals surface area contributed by atoms with Gasteiger partial charge in [0, 0.05) is 10.6 Å². The van der Waals surface area contributed by atoms with Gasteiger partial charge in [0.2, 0.25) is 5.91 Å². The molecule has 2 aromatic carbocycles. The fourth-order valence-corrected chi connectivity index (χ4v) is 3.13. The van der Waals surface area contributed by atoms with E-state index in [-0.39, 0.29) is 16.2 Å². The summed E-state index contributed by atoms with van der Waals surface area (Å²) in [6, 6.07) is 10.0. The number of primary amides is 1. The van der Waals surface area contributed by atoms with E-state index in [1.807, 2.05) is 0 Å². The van der Waals surface area contributed by atoms with E-state index in [0.717, 1.165) is 0 Å². The minimum atomic E-state index is -4.01. The highest BCUT2D eigenvalue weighted by atomic mass is 35.5. The first-order valence-electron chi connectivity index (χ1n) is 5.90. The van der Waals surface area contributed by atoms with Gasteiger partial charge in [0.1, 0.15) is 10.6 Å². The maximum atomic E-state index is 12.2. The van der Waals surface area contributed by atoms with Gasteiger partial charge in [-0.25, -0.2) is 0 Å². The maximum absolute atomic E-state index is 12.2. The maximum Gasteiger partial charge on any atom is 0.339 e. The van der Waals surface area contributed by atoms with Crippen LogP contribution in [0.15, 0.2) is 47.4 Å². The Morgan fingerprint density at radius 3 is 2.52 bits per heavy atom. The molecule has 0 saturated heterocycles. The second kappa shape index (κ2) is 5.75. The molecule has 110 valence electrons. The molecule has 2 aromatic rings. The molecule has 21 heavy (non-hydrogen) atoms. The molecule has 0 spiro atoms. The van der Waals surface area contributed by atoms with Crippen molar-refractivity contribution in [1.29, 1.82) is 0 Å². The number of carbonyl (C=O) groups excluding carboxylic acids is 1. The van der Waals surface area contributed by atoms with Crippen LogP contribution in [-0.4, -0.2) is 14.3 Å². The third-order valence-corrected chi connectivity index (χ3v) is 4.37. The van der Waals surface area contributed by atoms with Crippen molar-refractivity contribution < 1.29 is 17.4 Å². The molecular formula is C14H12ClNO4S. The van der Waals surface area contributed by atoms with Crippen LogP contribution < -0.4 is 9.92 Å². The van der Waals surface area contributed by atoms with Crippen molar-refractivity contribution in [2.45, 2.75) is 11.8 Å². The van der Waals surface area contributed by atoms with E-state index >= 15 is 0 Å². The fourth-order valence-electron chi connectivity index (χ4n) is 1.77. The van der Waals surface area contributed by atoms with Crippen LogP contribution >= 0.6 is 11.6 Å². The van der Waals surface area contributed by atoms with Crippen molar-refractivity contribution in [2.75, 3.05) is 0 Å². The molecule has 0 fully saturated rings. The Balaban J connectivity index is 2.37. The van der Waals surface area contributed by atoms with Crippen molar-refractivity contribution in [3.8, 4) is 5.75 Å². The third kappa shape index (κ3) is 3.53. The van der Waals surface area contributed by atoms with Gasteiger partial charge >= 0.3 is 10.1 Å². The summed E-state index contributed by atoms with van der Waals surface area (Å²) >= 11 is 5.80. The van der Waals surface area contributed by atoms with Crippen LogP contribution in [0.1, 0.15) is 15.9 Å². The van der Waals surface area contributed by atoms with Crippen LogP contribution in [0.2, 0.25) is 5.02 Å². The van der Waals surface area contributed by atoms with Gasteiger partial charge in [-0.1, -0.05) is 17.7 Å². The van der Waals surface area contributed by atoms with Gasteiger partial charge < -0.3 is 9.92 Å². The Hall–Kier alpha value is -2.05. The van der Waals surface area contributed by atoms with Crippen molar-refractivity contribution >= 4 is 27.6 Å². The van der Waals surface area contributed by atoms with Crippen molar-refractivity contribution in [1.82, 2.24) is 0 Å². The number of carbonyl (C=O) groups is 1. The standard InChI is InChI=1S/C14H12ClNO4S/c1-9-7-11(15)5-6-13(9)21(18,19)20-12-4-2-3-10(8-12)14(16)17/h2-8H,1H3,(H2,16,17). The van der Waals surface area contributed by atoms with E-state index < -0.39 is 16.0 Å². The van der Waals surface area contributed by atoms with E-state index in [1.165, 1.54) is 42.5 Å². The number of hydrogen-bond donors (Lipinski definition) is 1. The normalized spacial score (nSPS) is 11.1. The second-order valence-electron chi connectivity index (χ2n) is 4.34. The van der Waals surface area contributed by atoms with Crippen LogP contribution in [0.4, 0.5) is 0 Å². The number of benzene rings is 2. The number of rotatable bonds is 4. The molecule has 0 saturated carbocycles.